The highest BCUT2D eigenvalue weighted by atomic mass is 79.9. The molecule has 6 rings (SSSR count). The number of carbonyl (C=O) groups excluding carboxylic acids is 1. The van der Waals surface area contributed by atoms with Gasteiger partial charge in [0.15, 0.2) is 0 Å². The van der Waals surface area contributed by atoms with Crippen LogP contribution in [-0.4, -0.2) is 10.9 Å². The van der Waals surface area contributed by atoms with Crippen LogP contribution in [0.5, 0.6) is 0 Å². The van der Waals surface area contributed by atoms with Crippen molar-refractivity contribution in [2.75, 3.05) is 0 Å². The third-order valence-electron chi connectivity index (χ3n) is 5.52. The Morgan fingerprint density at radius 3 is 2.80 bits per heavy atom. The first-order chi connectivity index (χ1) is 12.2. The summed E-state index contributed by atoms with van der Waals surface area (Å²) in [5.74, 6) is 0.0380. The second-order valence-electron chi connectivity index (χ2n) is 6.79. The molecular formula is C21H13BrN2O. The van der Waals surface area contributed by atoms with Gasteiger partial charge >= 0.3 is 0 Å². The van der Waals surface area contributed by atoms with E-state index < -0.39 is 0 Å². The number of H-pyrrole nitrogens is 1. The van der Waals surface area contributed by atoms with Gasteiger partial charge in [-0.25, -0.2) is 0 Å². The molecule has 2 heterocycles. The van der Waals surface area contributed by atoms with Gasteiger partial charge in [0.25, 0.3) is 5.91 Å². The van der Waals surface area contributed by atoms with Gasteiger partial charge in [-0.1, -0.05) is 40.2 Å². The molecule has 2 aliphatic rings. The monoisotopic (exact) mass is 388 g/mol. The maximum Gasteiger partial charge on any atom is 0.252 e. The van der Waals surface area contributed by atoms with E-state index in [1.807, 2.05) is 12.1 Å². The minimum atomic E-state index is 0.0380. The Kier molecular flexibility index (Phi) is 2.47. The van der Waals surface area contributed by atoms with Crippen LogP contribution in [0, 0.1) is 0 Å². The highest BCUT2D eigenvalue weighted by Gasteiger charge is 2.33. The lowest BCUT2D eigenvalue weighted by Crippen LogP contribution is -2.12. The van der Waals surface area contributed by atoms with Gasteiger partial charge < -0.3 is 10.3 Å². The van der Waals surface area contributed by atoms with E-state index in [9.17, 15) is 4.79 Å². The van der Waals surface area contributed by atoms with Gasteiger partial charge in [-0.05, 0) is 46.0 Å². The van der Waals surface area contributed by atoms with Crippen molar-refractivity contribution in [1.29, 1.82) is 0 Å². The molecule has 1 aliphatic carbocycles. The van der Waals surface area contributed by atoms with E-state index in [0.29, 0.717) is 6.54 Å². The van der Waals surface area contributed by atoms with Crippen LogP contribution in [0.1, 0.15) is 27.0 Å². The van der Waals surface area contributed by atoms with Gasteiger partial charge in [-0.2, -0.15) is 0 Å². The summed E-state index contributed by atoms with van der Waals surface area (Å²) >= 11 is 3.60. The van der Waals surface area contributed by atoms with Crippen molar-refractivity contribution in [3.8, 4) is 11.1 Å². The molecule has 0 radical (unpaired) electrons. The van der Waals surface area contributed by atoms with E-state index in [1.54, 1.807) is 0 Å². The smallest absolute Gasteiger partial charge is 0.252 e. The summed E-state index contributed by atoms with van der Waals surface area (Å²) in [5.41, 5.74) is 9.32. The number of amides is 1. The summed E-state index contributed by atoms with van der Waals surface area (Å²) in [5, 5.41) is 5.25. The summed E-state index contributed by atoms with van der Waals surface area (Å²) < 4.78 is 1.07. The summed E-state index contributed by atoms with van der Waals surface area (Å²) in [6.45, 7) is 0.609. The second-order valence-corrected chi connectivity index (χ2v) is 7.70. The second kappa shape index (κ2) is 4.52. The molecule has 0 bridgehead atoms. The minimum Gasteiger partial charge on any atom is -0.354 e. The van der Waals surface area contributed by atoms with E-state index in [0.717, 1.165) is 43.8 Å². The van der Waals surface area contributed by atoms with Crippen LogP contribution >= 0.6 is 15.9 Å². The highest BCUT2D eigenvalue weighted by Crippen LogP contribution is 2.48. The van der Waals surface area contributed by atoms with Crippen LogP contribution in [0.15, 0.2) is 46.9 Å². The molecule has 0 saturated heterocycles. The molecular weight excluding hydrogens is 376 g/mol. The molecule has 3 aromatic carbocycles. The number of hydrogen-bond donors (Lipinski definition) is 2. The lowest BCUT2D eigenvalue weighted by atomic mass is 9.92. The normalized spacial score (nSPS) is 14.7. The molecule has 0 fully saturated rings. The van der Waals surface area contributed by atoms with E-state index in [1.165, 1.54) is 22.3 Å². The summed E-state index contributed by atoms with van der Waals surface area (Å²) in [6, 6.07) is 14.7. The largest absolute Gasteiger partial charge is 0.354 e. The van der Waals surface area contributed by atoms with Crippen LogP contribution in [0.4, 0.5) is 0 Å². The van der Waals surface area contributed by atoms with Crippen molar-refractivity contribution in [3.05, 3.63) is 69.2 Å². The molecule has 0 saturated carbocycles. The Labute approximate surface area is 152 Å². The lowest BCUT2D eigenvalue weighted by molar-refractivity contribution is 0.0967. The molecule has 1 aromatic heterocycles. The van der Waals surface area contributed by atoms with Gasteiger partial charge in [0, 0.05) is 33.7 Å². The molecule has 0 unspecified atom stereocenters. The number of hydrogen-bond acceptors (Lipinski definition) is 1. The molecule has 4 heteroatoms. The third-order valence-corrected chi connectivity index (χ3v) is 6.02. The summed E-state index contributed by atoms with van der Waals surface area (Å²) in [4.78, 5) is 16.3. The lowest BCUT2D eigenvalue weighted by Gasteiger charge is -2.10. The number of fused-ring (bicyclic) bond motifs is 10. The zero-order chi connectivity index (χ0) is 16.7. The average molecular weight is 389 g/mol. The highest BCUT2D eigenvalue weighted by molar-refractivity contribution is 9.10. The SMILES string of the molecule is O=C1NCc2c3c(c4[nH]c5ccccc5c4c21)Cc1ccc(Br)cc1-3. The fourth-order valence-corrected chi connectivity index (χ4v) is 4.88. The first-order valence-electron chi connectivity index (χ1n) is 8.37. The minimum absolute atomic E-state index is 0.0380. The number of nitrogens with one attached hydrogen (secondary N) is 2. The van der Waals surface area contributed by atoms with Crippen LogP contribution in [0.3, 0.4) is 0 Å². The number of aromatic nitrogens is 1. The van der Waals surface area contributed by atoms with Crippen molar-refractivity contribution in [1.82, 2.24) is 10.3 Å². The molecule has 1 amide bonds. The Bertz CT molecular complexity index is 1250. The van der Waals surface area contributed by atoms with E-state index in [-0.39, 0.29) is 5.91 Å². The van der Waals surface area contributed by atoms with Gasteiger partial charge in [0.2, 0.25) is 0 Å². The molecule has 4 aromatic rings. The number of halogens is 1. The first-order valence-corrected chi connectivity index (χ1v) is 9.17. The summed E-state index contributed by atoms with van der Waals surface area (Å²) in [7, 11) is 0. The van der Waals surface area contributed by atoms with Crippen molar-refractivity contribution in [2.45, 2.75) is 13.0 Å². The van der Waals surface area contributed by atoms with Gasteiger partial charge in [0.05, 0.1) is 11.1 Å². The Morgan fingerprint density at radius 1 is 1.00 bits per heavy atom. The maximum atomic E-state index is 12.7. The van der Waals surface area contributed by atoms with Crippen LogP contribution in [0.25, 0.3) is 32.9 Å². The van der Waals surface area contributed by atoms with Crippen molar-refractivity contribution in [2.24, 2.45) is 0 Å². The number of benzene rings is 3. The molecule has 1 aliphatic heterocycles. The summed E-state index contributed by atoms with van der Waals surface area (Å²) in [6.07, 6.45) is 0.905. The van der Waals surface area contributed by atoms with Crippen molar-refractivity contribution in [3.63, 3.8) is 0 Å². The Hall–Kier alpha value is -2.59. The fraction of sp³-hybridized carbons (Fsp3) is 0.0952. The first kappa shape index (κ1) is 13.7. The molecule has 3 nitrogen and oxygen atoms in total. The standard InChI is InChI=1S/C21H13BrN2O/c22-11-6-5-10-7-14-17(13(10)8-11)15-9-23-21(25)19(15)18-12-3-1-2-4-16(12)24-20(14)18/h1-6,8,24H,7,9H2,(H,23,25). The van der Waals surface area contributed by atoms with E-state index in [4.69, 9.17) is 0 Å². The molecule has 0 atom stereocenters. The quantitative estimate of drug-likeness (QED) is 0.389. The Morgan fingerprint density at radius 2 is 1.88 bits per heavy atom. The number of carbonyl (C=O) groups is 1. The third kappa shape index (κ3) is 1.63. The van der Waals surface area contributed by atoms with E-state index >= 15 is 0 Å². The van der Waals surface area contributed by atoms with Crippen molar-refractivity contribution < 1.29 is 4.79 Å². The van der Waals surface area contributed by atoms with Gasteiger partial charge in [-0.3, -0.25) is 4.79 Å². The van der Waals surface area contributed by atoms with Crippen molar-refractivity contribution >= 4 is 43.6 Å². The molecule has 120 valence electrons. The molecule has 25 heavy (non-hydrogen) atoms. The Balaban J connectivity index is 1.86. The number of rotatable bonds is 0. The topological polar surface area (TPSA) is 44.9 Å². The zero-order valence-electron chi connectivity index (χ0n) is 13.2. The predicted molar refractivity (Wildman–Crippen MR) is 103 cm³/mol. The molecule has 2 N–H and O–H groups in total. The number of para-hydroxylation sites is 1. The average Bonchev–Trinajstić information content (AvgIpc) is 3.27. The van der Waals surface area contributed by atoms with Gasteiger partial charge in [-0.15, -0.1) is 0 Å². The number of aromatic amines is 1. The predicted octanol–water partition coefficient (Wildman–Crippen LogP) is 4.90. The van der Waals surface area contributed by atoms with Crippen LogP contribution < -0.4 is 5.32 Å². The van der Waals surface area contributed by atoms with Crippen LogP contribution in [0.2, 0.25) is 0 Å². The van der Waals surface area contributed by atoms with Crippen LogP contribution in [-0.2, 0) is 13.0 Å². The zero-order valence-corrected chi connectivity index (χ0v) is 14.8. The fourth-order valence-electron chi connectivity index (χ4n) is 4.52. The maximum absolute atomic E-state index is 12.7. The van der Waals surface area contributed by atoms with E-state index in [2.05, 4.69) is 56.6 Å². The molecule has 0 spiro atoms. The van der Waals surface area contributed by atoms with Gasteiger partial charge in [0.1, 0.15) is 0 Å².